The maximum atomic E-state index is 14.0. The number of nitrogens with zero attached hydrogens (tertiary/aromatic N) is 4. The first-order chi connectivity index (χ1) is 16.5. The molecule has 0 aliphatic rings. The highest BCUT2D eigenvalue weighted by Gasteiger charge is 2.35. The number of fused-ring (bicyclic) bond motifs is 2. The van der Waals surface area contributed by atoms with Crippen molar-refractivity contribution in [2.24, 2.45) is 0 Å². The highest BCUT2D eigenvalue weighted by Crippen LogP contribution is 2.37. The monoisotopic (exact) mass is 486 g/mol. The number of hydrogen-bond donors (Lipinski definition) is 0. The molecule has 7 nitrogen and oxygen atoms in total. The fourth-order valence-corrected chi connectivity index (χ4v) is 4.36. The summed E-state index contributed by atoms with van der Waals surface area (Å²) >= 11 is 0. The Morgan fingerprint density at radius 3 is 2.46 bits per heavy atom. The van der Waals surface area contributed by atoms with E-state index in [2.05, 4.69) is 4.98 Å². The Kier molecular flexibility index (Phi) is 4.97. The molecule has 180 valence electrons. The lowest BCUT2D eigenvalue weighted by Gasteiger charge is -2.19. The normalized spacial score (nSPS) is 13.1. The number of aryl methyl sites for hydroxylation is 2. The average Bonchev–Trinajstić information content (AvgIpc) is 3.39. The van der Waals surface area contributed by atoms with Crippen molar-refractivity contribution in [2.75, 3.05) is 0 Å². The number of pyridine rings is 1. The van der Waals surface area contributed by atoms with E-state index in [4.69, 9.17) is 4.42 Å². The van der Waals surface area contributed by atoms with Crippen LogP contribution in [0.1, 0.15) is 35.5 Å². The van der Waals surface area contributed by atoms with Crippen LogP contribution in [0.3, 0.4) is 0 Å². The Morgan fingerprint density at radius 1 is 1.06 bits per heavy atom. The molecule has 1 unspecified atom stereocenters. The van der Waals surface area contributed by atoms with Crippen molar-refractivity contribution in [3.8, 4) is 5.69 Å². The molecule has 1 atom stereocenters. The molecule has 4 heterocycles. The highest BCUT2D eigenvalue weighted by molar-refractivity contribution is 5.82. The van der Waals surface area contributed by atoms with Gasteiger partial charge in [-0.1, -0.05) is 0 Å². The summed E-state index contributed by atoms with van der Waals surface area (Å²) in [7, 11) is 0. The van der Waals surface area contributed by atoms with Crippen molar-refractivity contribution in [1.82, 2.24) is 18.5 Å². The predicted molar refractivity (Wildman–Crippen MR) is 120 cm³/mol. The lowest BCUT2D eigenvalue weighted by Crippen LogP contribution is -2.32. The first kappa shape index (κ1) is 22.6. The van der Waals surface area contributed by atoms with Gasteiger partial charge in [-0.05, 0) is 39.0 Å². The van der Waals surface area contributed by atoms with E-state index < -0.39 is 34.7 Å². The molecule has 0 bridgehead atoms. The summed E-state index contributed by atoms with van der Waals surface area (Å²) in [6.45, 7) is 5.01. The zero-order valence-corrected chi connectivity index (χ0v) is 18.7. The van der Waals surface area contributed by atoms with Crippen LogP contribution in [-0.2, 0) is 6.18 Å². The summed E-state index contributed by atoms with van der Waals surface area (Å²) in [4.78, 5) is 30.6. The molecule has 0 fully saturated rings. The summed E-state index contributed by atoms with van der Waals surface area (Å²) in [5.74, 6) is -1.44. The second-order valence-corrected chi connectivity index (χ2v) is 8.34. The maximum Gasteiger partial charge on any atom is 0.419 e. The van der Waals surface area contributed by atoms with Crippen molar-refractivity contribution in [3.63, 3.8) is 0 Å². The van der Waals surface area contributed by atoms with Crippen LogP contribution in [0.4, 0.5) is 17.6 Å². The largest absolute Gasteiger partial charge is 0.464 e. The first-order valence-corrected chi connectivity index (χ1v) is 10.5. The van der Waals surface area contributed by atoms with Gasteiger partial charge >= 0.3 is 6.18 Å². The average molecular weight is 486 g/mol. The van der Waals surface area contributed by atoms with E-state index in [1.165, 1.54) is 39.9 Å². The van der Waals surface area contributed by atoms with Crippen LogP contribution in [0.2, 0.25) is 0 Å². The van der Waals surface area contributed by atoms with Crippen molar-refractivity contribution in [2.45, 2.75) is 33.0 Å². The first-order valence-electron chi connectivity index (χ1n) is 10.5. The van der Waals surface area contributed by atoms with Gasteiger partial charge in [-0.25, -0.2) is 9.37 Å². The molecule has 0 radical (unpaired) electrons. The number of benzene rings is 1. The second kappa shape index (κ2) is 7.69. The SMILES string of the molecule is Cc1cn(-c2ccc3c(=O)n(C(C)c4coc5cc(F)c(C(F)(F)F)cc45)c(C)cn3c2=O)cn1. The minimum absolute atomic E-state index is 0.0422. The summed E-state index contributed by atoms with van der Waals surface area (Å²) in [6.07, 6.45) is 0.990. The number of aromatic nitrogens is 4. The summed E-state index contributed by atoms with van der Waals surface area (Å²) in [6, 6.07) is 3.61. The smallest absolute Gasteiger partial charge is 0.419 e. The predicted octanol–water partition coefficient (Wildman–Crippen LogP) is 4.78. The Hall–Kier alpha value is -4.15. The Labute approximate surface area is 194 Å². The van der Waals surface area contributed by atoms with Gasteiger partial charge in [0.25, 0.3) is 11.1 Å². The van der Waals surface area contributed by atoms with Crippen molar-refractivity contribution in [1.29, 1.82) is 0 Å². The number of halogens is 4. The molecule has 0 N–H and O–H groups in total. The lowest BCUT2D eigenvalue weighted by atomic mass is 10.0. The van der Waals surface area contributed by atoms with Crippen LogP contribution >= 0.6 is 0 Å². The molecule has 5 aromatic rings. The molecule has 0 saturated heterocycles. The minimum atomic E-state index is -4.89. The van der Waals surface area contributed by atoms with Crippen LogP contribution in [0, 0.1) is 19.7 Å². The zero-order valence-electron chi connectivity index (χ0n) is 18.7. The van der Waals surface area contributed by atoms with Crippen LogP contribution in [0.25, 0.3) is 22.2 Å². The van der Waals surface area contributed by atoms with Gasteiger partial charge in [0.05, 0.1) is 29.9 Å². The molecular formula is C24H18F4N4O3. The topological polar surface area (TPSA) is 74.4 Å². The van der Waals surface area contributed by atoms with Gasteiger partial charge < -0.3 is 13.6 Å². The van der Waals surface area contributed by atoms with Gasteiger partial charge in [0.15, 0.2) is 0 Å². The molecule has 0 aliphatic heterocycles. The second-order valence-electron chi connectivity index (χ2n) is 8.34. The van der Waals surface area contributed by atoms with Crippen molar-refractivity contribution >= 4 is 16.5 Å². The third-order valence-electron chi connectivity index (χ3n) is 6.06. The van der Waals surface area contributed by atoms with E-state index in [0.29, 0.717) is 23.5 Å². The maximum absolute atomic E-state index is 14.0. The quantitative estimate of drug-likeness (QED) is 0.344. The molecule has 35 heavy (non-hydrogen) atoms. The molecule has 1 aromatic carbocycles. The molecular weight excluding hydrogens is 468 g/mol. The van der Waals surface area contributed by atoms with E-state index >= 15 is 0 Å². The number of rotatable bonds is 3. The molecule has 4 aromatic heterocycles. The molecule has 0 amide bonds. The number of hydrogen-bond acceptors (Lipinski definition) is 4. The number of alkyl halides is 3. The summed E-state index contributed by atoms with van der Waals surface area (Å²) < 4.78 is 63.2. The van der Waals surface area contributed by atoms with Gasteiger partial charge in [0, 0.05) is 35.1 Å². The fourth-order valence-electron chi connectivity index (χ4n) is 4.36. The number of imidazole rings is 1. The van der Waals surface area contributed by atoms with E-state index in [1.807, 2.05) is 0 Å². The zero-order chi connectivity index (χ0) is 25.2. The van der Waals surface area contributed by atoms with Gasteiger partial charge in [-0.2, -0.15) is 13.2 Å². The van der Waals surface area contributed by atoms with Crippen molar-refractivity contribution in [3.05, 3.63) is 98.3 Å². The molecule has 11 heteroatoms. The van der Waals surface area contributed by atoms with E-state index in [-0.39, 0.29) is 22.0 Å². The Balaban J connectivity index is 1.68. The van der Waals surface area contributed by atoms with E-state index in [9.17, 15) is 27.2 Å². The van der Waals surface area contributed by atoms with Gasteiger partial charge in [-0.15, -0.1) is 0 Å². The minimum Gasteiger partial charge on any atom is -0.464 e. The lowest BCUT2D eigenvalue weighted by molar-refractivity contribution is -0.139. The third-order valence-corrected chi connectivity index (χ3v) is 6.06. The standard InChI is InChI=1S/C24H18F4N4O3/c1-12-8-30(11-29-12)19-4-5-20-23(34)32(13(2)9-31(20)22(19)33)14(3)16-10-35-21-7-18(25)17(6-15(16)21)24(26,27)28/h4-11,14H,1-3H3. The van der Waals surface area contributed by atoms with E-state index in [1.54, 1.807) is 31.5 Å². The highest BCUT2D eigenvalue weighted by atomic mass is 19.4. The van der Waals surface area contributed by atoms with Gasteiger partial charge in [0.2, 0.25) is 0 Å². The van der Waals surface area contributed by atoms with Crippen molar-refractivity contribution < 1.29 is 22.0 Å². The van der Waals surface area contributed by atoms with Gasteiger partial charge in [-0.3, -0.25) is 14.0 Å². The van der Waals surface area contributed by atoms with E-state index in [0.717, 1.165) is 5.69 Å². The molecule has 5 rings (SSSR count). The summed E-state index contributed by atoms with van der Waals surface area (Å²) in [5.41, 5.74) is -0.670. The van der Waals surface area contributed by atoms with Gasteiger partial charge in [0.1, 0.15) is 22.6 Å². The molecule has 0 aliphatic carbocycles. The summed E-state index contributed by atoms with van der Waals surface area (Å²) in [5, 5.41) is 0.0422. The van der Waals surface area contributed by atoms with Crippen LogP contribution in [0.15, 0.2) is 63.3 Å². The van der Waals surface area contributed by atoms with Crippen LogP contribution in [0.5, 0.6) is 0 Å². The molecule has 0 saturated carbocycles. The number of furan rings is 1. The fraction of sp³-hybridized carbons (Fsp3) is 0.208. The van der Waals surface area contributed by atoms with Crippen LogP contribution in [-0.4, -0.2) is 18.5 Å². The third kappa shape index (κ3) is 3.54. The Bertz CT molecular complexity index is 1740. The Morgan fingerprint density at radius 2 is 1.80 bits per heavy atom. The molecule has 0 spiro atoms. The van der Waals surface area contributed by atoms with Crippen LogP contribution < -0.4 is 11.1 Å².